The molecule has 0 heterocycles. The van der Waals surface area contributed by atoms with Gasteiger partial charge in [-0.1, -0.05) is 34.1 Å². The molecule has 108 valence electrons. The number of hydrogen-bond donors (Lipinski definition) is 1. The largest absolute Gasteiger partial charge is 0.481 e. The molecule has 0 aromatic carbocycles. The van der Waals surface area contributed by atoms with E-state index in [-0.39, 0.29) is 5.92 Å². The minimum Gasteiger partial charge on any atom is -0.481 e. The number of unbranched alkanes of at least 4 members (excludes halogenated alkanes) is 1. The fourth-order valence-electron chi connectivity index (χ4n) is 1.96. The first-order chi connectivity index (χ1) is 8.54. The smallest absolute Gasteiger partial charge is 0.307 e. The van der Waals surface area contributed by atoms with Gasteiger partial charge in [0.25, 0.3) is 0 Å². The van der Waals surface area contributed by atoms with Gasteiger partial charge in [0.05, 0.1) is 5.92 Å². The maximum Gasteiger partial charge on any atom is 0.307 e. The van der Waals surface area contributed by atoms with Crippen LogP contribution in [0.4, 0.5) is 0 Å². The number of likely N-dealkylation sites (N-methyl/N-ethyl adjacent to an activating group) is 1. The van der Waals surface area contributed by atoms with Crippen LogP contribution in [-0.4, -0.2) is 60.1 Å². The Hall–Kier alpha value is -0.610. The highest BCUT2D eigenvalue weighted by Crippen LogP contribution is 2.03. The molecule has 0 bridgehead atoms. The summed E-state index contributed by atoms with van der Waals surface area (Å²) < 4.78 is 0. The van der Waals surface area contributed by atoms with Crippen molar-refractivity contribution in [3.8, 4) is 0 Å². The van der Waals surface area contributed by atoms with E-state index in [0.717, 1.165) is 45.6 Å². The molecule has 4 nitrogen and oxygen atoms in total. The number of carbonyl (C=O) groups is 1. The number of rotatable bonds is 11. The van der Waals surface area contributed by atoms with Crippen LogP contribution in [0.5, 0.6) is 0 Å². The summed E-state index contributed by atoms with van der Waals surface area (Å²) in [6.45, 7) is 14.1. The third-order valence-electron chi connectivity index (χ3n) is 3.41. The lowest BCUT2D eigenvalue weighted by Gasteiger charge is -2.27. The fourth-order valence-corrected chi connectivity index (χ4v) is 1.96. The summed E-state index contributed by atoms with van der Waals surface area (Å²) in [6.07, 6.45) is 2.30. The highest BCUT2D eigenvalue weighted by Gasteiger charge is 2.16. The van der Waals surface area contributed by atoms with Crippen molar-refractivity contribution in [3.63, 3.8) is 0 Å². The average Bonchev–Trinajstić information content (AvgIpc) is 2.36. The molecule has 4 heteroatoms. The van der Waals surface area contributed by atoms with Crippen LogP contribution in [0.1, 0.15) is 40.5 Å². The Kier molecular flexibility index (Phi) is 9.98. The Morgan fingerprint density at radius 3 is 2.06 bits per heavy atom. The minimum atomic E-state index is -0.695. The Morgan fingerprint density at radius 2 is 1.61 bits per heavy atom. The maximum absolute atomic E-state index is 10.9. The van der Waals surface area contributed by atoms with Gasteiger partial charge in [-0.2, -0.15) is 0 Å². The second kappa shape index (κ2) is 10.3. The van der Waals surface area contributed by atoms with Crippen molar-refractivity contribution < 1.29 is 9.90 Å². The van der Waals surface area contributed by atoms with E-state index >= 15 is 0 Å². The first-order valence-electron chi connectivity index (χ1n) is 7.22. The van der Waals surface area contributed by atoms with Gasteiger partial charge in [-0.05, 0) is 26.1 Å². The third kappa shape index (κ3) is 7.67. The Morgan fingerprint density at radius 1 is 1.06 bits per heavy atom. The second-order valence-corrected chi connectivity index (χ2v) is 4.92. The Labute approximate surface area is 112 Å². The van der Waals surface area contributed by atoms with Crippen LogP contribution in [-0.2, 0) is 4.79 Å². The van der Waals surface area contributed by atoms with Gasteiger partial charge in [-0.25, -0.2) is 0 Å². The van der Waals surface area contributed by atoms with E-state index in [1.54, 1.807) is 6.92 Å². The summed E-state index contributed by atoms with van der Waals surface area (Å²) in [6, 6.07) is 0. The molecular formula is C14H30N2O2. The standard InChI is InChI=1S/C14H30N2O2/c1-5-8-9-16(12-13(4)14(17)18)11-10-15(6-2)7-3/h13H,5-12H2,1-4H3,(H,17,18). The molecule has 0 aromatic rings. The van der Waals surface area contributed by atoms with Crippen LogP contribution >= 0.6 is 0 Å². The van der Waals surface area contributed by atoms with Gasteiger partial charge in [-0.15, -0.1) is 0 Å². The van der Waals surface area contributed by atoms with E-state index in [1.807, 2.05) is 0 Å². The van der Waals surface area contributed by atoms with Crippen molar-refractivity contribution >= 4 is 5.97 Å². The fraction of sp³-hybridized carbons (Fsp3) is 0.929. The van der Waals surface area contributed by atoms with E-state index in [2.05, 4.69) is 30.6 Å². The molecule has 0 saturated heterocycles. The van der Waals surface area contributed by atoms with Gasteiger partial charge in [0.1, 0.15) is 0 Å². The van der Waals surface area contributed by atoms with Gasteiger partial charge in [0, 0.05) is 19.6 Å². The van der Waals surface area contributed by atoms with E-state index in [1.165, 1.54) is 0 Å². The van der Waals surface area contributed by atoms with Crippen molar-refractivity contribution in [1.29, 1.82) is 0 Å². The third-order valence-corrected chi connectivity index (χ3v) is 3.41. The quantitative estimate of drug-likeness (QED) is 0.617. The molecule has 0 radical (unpaired) electrons. The van der Waals surface area contributed by atoms with Crippen molar-refractivity contribution in [2.75, 3.05) is 39.3 Å². The van der Waals surface area contributed by atoms with Crippen LogP contribution in [0.2, 0.25) is 0 Å². The van der Waals surface area contributed by atoms with Gasteiger partial charge >= 0.3 is 5.97 Å². The molecule has 1 unspecified atom stereocenters. The lowest BCUT2D eigenvalue weighted by atomic mass is 10.1. The first-order valence-corrected chi connectivity index (χ1v) is 7.22. The van der Waals surface area contributed by atoms with Gasteiger partial charge < -0.3 is 14.9 Å². The van der Waals surface area contributed by atoms with Crippen molar-refractivity contribution in [3.05, 3.63) is 0 Å². The molecule has 0 amide bonds. The van der Waals surface area contributed by atoms with Gasteiger partial charge in [-0.3, -0.25) is 4.79 Å². The summed E-state index contributed by atoms with van der Waals surface area (Å²) in [5.41, 5.74) is 0. The maximum atomic E-state index is 10.9. The van der Waals surface area contributed by atoms with Crippen molar-refractivity contribution in [2.45, 2.75) is 40.5 Å². The topological polar surface area (TPSA) is 43.8 Å². The second-order valence-electron chi connectivity index (χ2n) is 4.92. The predicted octanol–water partition coefficient (Wildman–Crippen LogP) is 2.15. The predicted molar refractivity (Wildman–Crippen MR) is 75.9 cm³/mol. The molecular weight excluding hydrogens is 228 g/mol. The zero-order valence-corrected chi connectivity index (χ0v) is 12.5. The molecule has 0 rings (SSSR count). The highest BCUT2D eigenvalue weighted by molar-refractivity contribution is 5.69. The van der Waals surface area contributed by atoms with Crippen LogP contribution in [0.25, 0.3) is 0 Å². The molecule has 0 saturated carbocycles. The lowest BCUT2D eigenvalue weighted by molar-refractivity contribution is -0.141. The molecule has 18 heavy (non-hydrogen) atoms. The Bertz CT molecular complexity index is 218. The zero-order valence-electron chi connectivity index (χ0n) is 12.5. The van der Waals surface area contributed by atoms with Gasteiger partial charge in [0.15, 0.2) is 0 Å². The average molecular weight is 258 g/mol. The summed E-state index contributed by atoms with van der Waals surface area (Å²) >= 11 is 0. The van der Waals surface area contributed by atoms with E-state index < -0.39 is 5.97 Å². The Balaban J connectivity index is 4.16. The van der Waals surface area contributed by atoms with Gasteiger partial charge in [0.2, 0.25) is 0 Å². The van der Waals surface area contributed by atoms with Crippen LogP contribution < -0.4 is 0 Å². The molecule has 1 atom stereocenters. The molecule has 0 aromatic heterocycles. The van der Waals surface area contributed by atoms with Crippen molar-refractivity contribution in [1.82, 2.24) is 9.80 Å². The van der Waals surface area contributed by atoms with E-state index in [0.29, 0.717) is 6.54 Å². The van der Waals surface area contributed by atoms with Crippen LogP contribution in [0.3, 0.4) is 0 Å². The van der Waals surface area contributed by atoms with Crippen LogP contribution in [0, 0.1) is 5.92 Å². The number of carboxylic acids is 1. The summed E-state index contributed by atoms with van der Waals surface area (Å²) in [5.74, 6) is -0.974. The number of nitrogens with zero attached hydrogens (tertiary/aromatic N) is 2. The highest BCUT2D eigenvalue weighted by atomic mass is 16.4. The summed E-state index contributed by atoms with van der Waals surface area (Å²) in [7, 11) is 0. The van der Waals surface area contributed by atoms with Crippen LogP contribution in [0.15, 0.2) is 0 Å². The monoisotopic (exact) mass is 258 g/mol. The first kappa shape index (κ1) is 17.4. The van der Waals surface area contributed by atoms with E-state index in [4.69, 9.17) is 5.11 Å². The normalized spacial score (nSPS) is 13.2. The zero-order chi connectivity index (χ0) is 14.0. The number of hydrogen-bond acceptors (Lipinski definition) is 3. The summed E-state index contributed by atoms with van der Waals surface area (Å²) in [5, 5.41) is 8.99. The SMILES string of the molecule is CCCCN(CCN(CC)CC)CC(C)C(=O)O. The molecule has 0 aliphatic heterocycles. The minimum absolute atomic E-state index is 0.279. The number of carboxylic acid groups (broad SMARTS) is 1. The summed E-state index contributed by atoms with van der Waals surface area (Å²) in [4.78, 5) is 15.6. The molecule has 0 spiro atoms. The molecule has 0 aliphatic rings. The van der Waals surface area contributed by atoms with Crippen molar-refractivity contribution in [2.24, 2.45) is 5.92 Å². The molecule has 0 fully saturated rings. The molecule has 0 aliphatic carbocycles. The van der Waals surface area contributed by atoms with E-state index in [9.17, 15) is 4.79 Å². The lowest BCUT2D eigenvalue weighted by Crippen LogP contribution is -2.39. The molecule has 1 N–H and O–H groups in total. The number of aliphatic carboxylic acids is 1.